The minimum Gasteiger partial charge on any atom is -0.508 e. The number of aliphatic hydroxyl groups excluding tert-OH is 1. The number of benzene rings is 2. The molecule has 1 fully saturated rings. The lowest BCUT2D eigenvalue weighted by atomic mass is 9.95. The molecule has 2 heterocycles. The fourth-order valence-corrected chi connectivity index (χ4v) is 3.79. The van der Waals surface area contributed by atoms with Gasteiger partial charge in [0.15, 0.2) is 0 Å². The molecule has 0 radical (unpaired) electrons. The van der Waals surface area contributed by atoms with Crippen molar-refractivity contribution in [1.82, 2.24) is 9.88 Å². The normalized spacial score (nSPS) is 17.5. The molecule has 1 aliphatic heterocycles. The van der Waals surface area contributed by atoms with Gasteiger partial charge in [-0.15, -0.1) is 0 Å². The van der Waals surface area contributed by atoms with Gasteiger partial charge < -0.3 is 19.8 Å². The number of hydrogen-bond donors (Lipinski definition) is 2. The first-order valence-corrected chi connectivity index (χ1v) is 10.2. The smallest absolute Gasteiger partial charge is 0.295 e. The number of Topliss-reactive ketones (excluding diaryl/α,β-unsaturated/α-hetero) is 1. The second-order valence-corrected chi connectivity index (χ2v) is 7.33. The van der Waals surface area contributed by atoms with E-state index in [0.29, 0.717) is 23.5 Å². The zero-order valence-corrected chi connectivity index (χ0v) is 17.4. The van der Waals surface area contributed by atoms with Crippen molar-refractivity contribution in [2.45, 2.75) is 19.5 Å². The molecule has 32 heavy (non-hydrogen) atoms. The lowest BCUT2D eigenvalue weighted by Gasteiger charge is -2.25. The summed E-state index contributed by atoms with van der Waals surface area (Å²) in [5.41, 5.74) is 1.76. The molecule has 0 spiro atoms. The molecular weight excluding hydrogens is 408 g/mol. The predicted octanol–water partition coefficient (Wildman–Crippen LogP) is 3.81. The van der Waals surface area contributed by atoms with Crippen molar-refractivity contribution in [2.24, 2.45) is 0 Å². The maximum atomic E-state index is 13.1. The van der Waals surface area contributed by atoms with E-state index < -0.39 is 17.7 Å². The van der Waals surface area contributed by atoms with E-state index >= 15 is 0 Å². The molecule has 1 aliphatic rings. The summed E-state index contributed by atoms with van der Waals surface area (Å²) >= 11 is 0. The van der Waals surface area contributed by atoms with Crippen LogP contribution >= 0.6 is 0 Å². The number of aromatic nitrogens is 1. The van der Waals surface area contributed by atoms with E-state index in [2.05, 4.69) is 4.98 Å². The highest BCUT2D eigenvalue weighted by Crippen LogP contribution is 2.40. The van der Waals surface area contributed by atoms with E-state index in [4.69, 9.17) is 4.74 Å². The minimum atomic E-state index is -0.820. The SMILES string of the molecule is CCOc1cccc(/C(O)=C2\C(=O)C(=O)N(Cc3ccncc3)C2c2ccc(O)cc2)c1. The Balaban J connectivity index is 1.84. The number of amides is 1. The van der Waals surface area contributed by atoms with Gasteiger partial charge in [0.1, 0.15) is 17.3 Å². The number of aliphatic hydroxyl groups is 1. The Morgan fingerprint density at radius 3 is 2.47 bits per heavy atom. The van der Waals surface area contributed by atoms with Gasteiger partial charge in [0.25, 0.3) is 11.7 Å². The number of hydrogen-bond acceptors (Lipinski definition) is 6. The van der Waals surface area contributed by atoms with Crippen LogP contribution in [-0.4, -0.2) is 38.4 Å². The molecule has 2 aromatic carbocycles. The van der Waals surface area contributed by atoms with E-state index in [9.17, 15) is 19.8 Å². The summed E-state index contributed by atoms with van der Waals surface area (Å²) < 4.78 is 5.50. The van der Waals surface area contributed by atoms with Crippen LogP contribution in [-0.2, 0) is 16.1 Å². The Morgan fingerprint density at radius 1 is 1.06 bits per heavy atom. The first-order valence-electron chi connectivity index (χ1n) is 10.2. The molecule has 1 amide bonds. The Kier molecular flexibility index (Phi) is 5.89. The summed E-state index contributed by atoms with van der Waals surface area (Å²) in [6.07, 6.45) is 3.22. The molecule has 3 aromatic rings. The van der Waals surface area contributed by atoms with Crippen LogP contribution in [0.3, 0.4) is 0 Å². The number of carbonyl (C=O) groups excluding carboxylic acids is 2. The van der Waals surface area contributed by atoms with Crippen LogP contribution in [0.15, 0.2) is 78.6 Å². The number of pyridine rings is 1. The summed E-state index contributed by atoms with van der Waals surface area (Å²) in [7, 11) is 0. The molecule has 1 unspecified atom stereocenters. The van der Waals surface area contributed by atoms with Crippen molar-refractivity contribution < 1.29 is 24.5 Å². The van der Waals surface area contributed by atoms with Gasteiger partial charge in [-0.3, -0.25) is 14.6 Å². The quantitative estimate of drug-likeness (QED) is 0.350. The van der Waals surface area contributed by atoms with Gasteiger partial charge in [-0.1, -0.05) is 24.3 Å². The van der Waals surface area contributed by atoms with Gasteiger partial charge in [-0.25, -0.2) is 0 Å². The fourth-order valence-electron chi connectivity index (χ4n) is 3.79. The highest BCUT2D eigenvalue weighted by molar-refractivity contribution is 6.46. The Bertz CT molecular complexity index is 1170. The second kappa shape index (κ2) is 8.93. The highest BCUT2D eigenvalue weighted by Gasteiger charge is 2.46. The number of rotatable bonds is 6. The van der Waals surface area contributed by atoms with E-state index in [-0.39, 0.29) is 23.6 Å². The van der Waals surface area contributed by atoms with E-state index in [0.717, 1.165) is 5.56 Å². The number of ketones is 1. The summed E-state index contributed by atoms with van der Waals surface area (Å²) in [5.74, 6) is -1.15. The first kappa shape index (κ1) is 21.1. The number of likely N-dealkylation sites (tertiary alicyclic amines) is 1. The number of nitrogens with zero attached hydrogens (tertiary/aromatic N) is 2. The third-order valence-electron chi connectivity index (χ3n) is 5.27. The average Bonchev–Trinajstić information content (AvgIpc) is 3.05. The van der Waals surface area contributed by atoms with Crippen molar-refractivity contribution in [3.8, 4) is 11.5 Å². The predicted molar refractivity (Wildman–Crippen MR) is 118 cm³/mol. The molecule has 0 bridgehead atoms. The number of phenols is 1. The Labute approximate surface area is 185 Å². The maximum absolute atomic E-state index is 13.1. The molecule has 0 aliphatic carbocycles. The second-order valence-electron chi connectivity index (χ2n) is 7.33. The van der Waals surface area contributed by atoms with Gasteiger partial charge in [0, 0.05) is 24.5 Å². The Morgan fingerprint density at radius 2 is 1.78 bits per heavy atom. The van der Waals surface area contributed by atoms with Gasteiger partial charge in [0.05, 0.1) is 18.2 Å². The third-order valence-corrected chi connectivity index (χ3v) is 5.27. The van der Waals surface area contributed by atoms with E-state index in [1.54, 1.807) is 60.9 Å². The number of aromatic hydroxyl groups is 1. The summed E-state index contributed by atoms with van der Waals surface area (Å²) in [6.45, 7) is 2.46. The van der Waals surface area contributed by atoms with Crippen molar-refractivity contribution in [3.63, 3.8) is 0 Å². The molecule has 1 saturated heterocycles. The van der Waals surface area contributed by atoms with Gasteiger partial charge in [0.2, 0.25) is 0 Å². The number of ether oxygens (including phenoxy) is 1. The molecular formula is C25H22N2O5. The van der Waals surface area contributed by atoms with Crippen molar-refractivity contribution >= 4 is 17.4 Å². The molecule has 4 rings (SSSR count). The minimum absolute atomic E-state index is 0.0107. The zero-order chi connectivity index (χ0) is 22.7. The topological polar surface area (TPSA) is 100.0 Å². The van der Waals surface area contributed by atoms with Gasteiger partial charge in [-0.2, -0.15) is 0 Å². The molecule has 7 nitrogen and oxygen atoms in total. The fraction of sp³-hybridized carbons (Fsp3) is 0.160. The molecule has 7 heteroatoms. The zero-order valence-electron chi connectivity index (χ0n) is 17.4. The average molecular weight is 430 g/mol. The van der Waals surface area contributed by atoms with E-state index in [1.807, 2.05) is 6.92 Å². The summed E-state index contributed by atoms with van der Waals surface area (Å²) in [5, 5.41) is 20.8. The Hall–Kier alpha value is -4.13. The van der Waals surface area contributed by atoms with Crippen molar-refractivity contribution in [2.75, 3.05) is 6.61 Å². The summed E-state index contributed by atoms with van der Waals surface area (Å²) in [6, 6.07) is 15.7. The van der Waals surface area contributed by atoms with Crippen LogP contribution in [0, 0.1) is 0 Å². The van der Waals surface area contributed by atoms with Crippen LogP contribution in [0.5, 0.6) is 11.5 Å². The lowest BCUT2D eigenvalue weighted by molar-refractivity contribution is -0.140. The molecule has 2 N–H and O–H groups in total. The molecule has 1 atom stereocenters. The van der Waals surface area contributed by atoms with Gasteiger partial charge >= 0.3 is 0 Å². The van der Waals surface area contributed by atoms with Crippen LogP contribution in [0.4, 0.5) is 0 Å². The molecule has 0 saturated carbocycles. The highest BCUT2D eigenvalue weighted by atomic mass is 16.5. The lowest BCUT2D eigenvalue weighted by Crippen LogP contribution is -2.29. The standard InChI is InChI=1S/C25H22N2O5/c1-2-32-20-5-3-4-18(14-20)23(29)21-22(17-6-8-19(28)9-7-17)27(25(31)24(21)30)15-16-10-12-26-13-11-16/h3-14,22,28-29H,2,15H2,1H3/b23-21+. The summed E-state index contributed by atoms with van der Waals surface area (Å²) in [4.78, 5) is 31.5. The van der Waals surface area contributed by atoms with Crippen LogP contribution in [0.25, 0.3) is 5.76 Å². The van der Waals surface area contributed by atoms with Crippen LogP contribution in [0.1, 0.15) is 29.7 Å². The third kappa shape index (κ3) is 4.05. The van der Waals surface area contributed by atoms with Crippen LogP contribution < -0.4 is 4.74 Å². The monoisotopic (exact) mass is 430 g/mol. The maximum Gasteiger partial charge on any atom is 0.295 e. The van der Waals surface area contributed by atoms with Crippen molar-refractivity contribution in [1.29, 1.82) is 0 Å². The largest absolute Gasteiger partial charge is 0.508 e. The molecule has 1 aromatic heterocycles. The van der Waals surface area contributed by atoms with E-state index in [1.165, 1.54) is 17.0 Å². The number of carbonyl (C=O) groups is 2. The van der Waals surface area contributed by atoms with Crippen molar-refractivity contribution in [3.05, 3.63) is 95.3 Å². The number of phenolic OH excluding ortho intramolecular Hbond substituents is 1. The molecule has 162 valence electrons. The van der Waals surface area contributed by atoms with Gasteiger partial charge in [-0.05, 0) is 54.4 Å². The van der Waals surface area contributed by atoms with Crippen LogP contribution in [0.2, 0.25) is 0 Å². The first-order chi connectivity index (χ1) is 15.5.